The van der Waals surface area contributed by atoms with E-state index in [0.29, 0.717) is 12.6 Å². The van der Waals surface area contributed by atoms with Gasteiger partial charge in [0.25, 0.3) is 5.56 Å². The summed E-state index contributed by atoms with van der Waals surface area (Å²) < 4.78 is 3.54. The van der Waals surface area contributed by atoms with Crippen LogP contribution in [0.2, 0.25) is 0 Å². The third-order valence-electron chi connectivity index (χ3n) is 4.80. The Balaban J connectivity index is 1.60. The lowest BCUT2D eigenvalue weighted by molar-refractivity contribution is -0.116. The molecule has 1 fully saturated rings. The number of aryl methyl sites for hydroxylation is 1. The van der Waals surface area contributed by atoms with E-state index in [0.717, 1.165) is 37.4 Å². The Morgan fingerprint density at radius 3 is 2.76 bits per heavy atom. The summed E-state index contributed by atoms with van der Waals surface area (Å²) in [5.41, 5.74) is 0.779. The highest BCUT2D eigenvalue weighted by Crippen LogP contribution is 2.24. The van der Waals surface area contributed by atoms with Gasteiger partial charge in [-0.05, 0) is 46.0 Å². The fourth-order valence-electron chi connectivity index (χ4n) is 3.27. The van der Waals surface area contributed by atoms with Gasteiger partial charge in [0, 0.05) is 30.8 Å². The van der Waals surface area contributed by atoms with Crippen molar-refractivity contribution >= 4 is 11.7 Å². The monoisotopic (exact) mass is 343 g/mol. The van der Waals surface area contributed by atoms with Gasteiger partial charge in [-0.25, -0.2) is 4.68 Å². The average molecular weight is 343 g/mol. The molecule has 1 aliphatic rings. The SMILES string of the molecule is Cc1cccc(=O)n1CCC(=O)Nc1ccnn1C1CCN(C)CC1. The van der Waals surface area contributed by atoms with Gasteiger partial charge in [-0.1, -0.05) is 6.07 Å². The van der Waals surface area contributed by atoms with E-state index in [1.165, 1.54) is 6.07 Å². The number of carbonyl (C=O) groups is 1. The first kappa shape index (κ1) is 17.4. The first-order chi connectivity index (χ1) is 12.0. The Hall–Kier alpha value is -2.41. The Bertz CT molecular complexity index is 787. The normalized spacial score (nSPS) is 16.1. The van der Waals surface area contributed by atoms with Crippen LogP contribution in [-0.4, -0.2) is 45.3 Å². The number of carbonyl (C=O) groups excluding carboxylic acids is 1. The molecule has 0 atom stereocenters. The van der Waals surface area contributed by atoms with E-state index >= 15 is 0 Å². The predicted octanol–water partition coefficient (Wildman–Crippen LogP) is 1.65. The lowest BCUT2D eigenvalue weighted by atomic mass is 10.1. The molecule has 2 aromatic heterocycles. The Morgan fingerprint density at radius 1 is 1.28 bits per heavy atom. The standard InChI is InChI=1S/C18H25N5O2/c1-14-4-3-5-18(25)22(14)13-9-17(24)20-16-6-10-19-23(16)15-7-11-21(2)12-8-15/h3-6,10,15H,7-9,11-13H2,1-2H3,(H,20,24). The number of piperidine rings is 1. The summed E-state index contributed by atoms with van der Waals surface area (Å²) in [6, 6.07) is 7.26. The van der Waals surface area contributed by atoms with E-state index in [1.807, 2.05) is 23.7 Å². The molecule has 0 saturated carbocycles. The number of amides is 1. The van der Waals surface area contributed by atoms with Crippen molar-refractivity contribution in [3.63, 3.8) is 0 Å². The van der Waals surface area contributed by atoms with Gasteiger partial charge in [-0.3, -0.25) is 9.59 Å². The number of nitrogens with zero attached hydrogens (tertiary/aromatic N) is 4. The van der Waals surface area contributed by atoms with Crippen molar-refractivity contribution in [3.05, 3.63) is 46.5 Å². The molecule has 1 amide bonds. The highest BCUT2D eigenvalue weighted by Gasteiger charge is 2.21. The second-order valence-corrected chi connectivity index (χ2v) is 6.65. The van der Waals surface area contributed by atoms with Crippen molar-refractivity contribution in [2.45, 2.75) is 38.8 Å². The summed E-state index contributed by atoms with van der Waals surface area (Å²) in [4.78, 5) is 26.5. The van der Waals surface area contributed by atoms with Crippen LogP contribution in [0.1, 0.15) is 31.0 Å². The molecule has 1 saturated heterocycles. The van der Waals surface area contributed by atoms with Gasteiger partial charge in [-0.15, -0.1) is 0 Å². The van der Waals surface area contributed by atoms with Crippen molar-refractivity contribution in [3.8, 4) is 0 Å². The van der Waals surface area contributed by atoms with Crippen LogP contribution >= 0.6 is 0 Å². The highest BCUT2D eigenvalue weighted by atomic mass is 16.2. The molecule has 0 aliphatic carbocycles. The van der Waals surface area contributed by atoms with E-state index in [-0.39, 0.29) is 17.9 Å². The van der Waals surface area contributed by atoms with Gasteiger partial charge in [0.05, 0.1) is 12.2 Å². The van der Waals surface area contributed by atoms with Gasteiger partial charge < -0.3 is 14.8 Å². The maximum absolute atomic E-state index is 12.3. The molecule has 25 heavy (non-hydrogen) atoms. The second kappa shape index (κ2) is 7.65. The molecule has 3 rings (SSSR count). The zero-order chi connectivity index (χ0) is 17.8. The summed E-state index contributed by atoms with van der Waals surface area (Å²) in [6.45, 7) is 4.32. The van der Waals surface area contributed by atoms with Crippen LogP contribution in [0.5, 0.6) is 0 Å². The summed E-state index contributed by atoms with van der Waals surface area (Å²) in [7, 11) is 2.12. The maximum atomic E-state index is 12.3. The molecule has 0 spiro atoms. The molecular formula is C18H25N5O2. The van der Waals surface area contributed by atoms with Gasteiger partial charge >= 0.3 is 0 Å². The number of hydrogen-bond acceptors (Lipinski definition) is 4. The smallest absolute Gasteiger partial charge is 0.250 e. The summed E-state index contributed by atoms with van der Waals surface area (Å²) in [5.74, 6) is 0.626. The van der Waals surface area contributed by atoms with Gasteiger partial charge in [0.1, 0.15) is 5.82 Å². The molecule has 134 valence electrons. The van der Waals surface area contributed by atoms with E-state index in [9.17, 15) is 9.59 Å². The van der Waals surface area contributed by atoms with Crippen LogP contribution < -0.4 is 10.9 Å². The average Bonchev–Trinajstić information content (AvgIpc) is 3.03. The van der Waals surface area contributed by atoms with Crippen LogP contribution in [0.25, 0.3) is 0 Å². The van der Waals surface area contributed by atoms with Crippen LogP contribution in [-0.2, 0) is 11.3 Å². The molecule has 7 heteroatoms. The third-order valence-corrected chi connectivity index (χ3v) is 4.80. The Morgan fingerprint density at radius 2 is 2.04 bits per heavy atom. The van der Waals surface area contributed by atoms with Crippen molar-refractivity contribution in [2.24, 2.45) is 0 Å². The van der Waals surface area contributed by atoms with Crippen LogP contribution in [0, 0.1) is 6.92 Å². The molecule has 3 heterocycles. The maximum Gasteiger partial charge on any atom is 0.250 e. The van der Waals surface area contributed by atoms with Gasteiger partial charge in [0.2, 0.25) is 5.91 Å². The topological polar surface area (TPSA) is 72.2 Å². The van der Waals surface area contributed by atoms with E-state index < -0.39 is 0 Å². The van der Waals surface area contributed by atoms with Gasteiger partial charge in [-0.2, -0.15) is 5.10 Å². The van der Waals surface area contributed by atoms with Crippen molar-refractivity contribution in [1.29, 1.82) is 0 Å². The Kier molecular flexibility index (Phi) is 5.33. The number of rotatable bonds is 5. The minimum absolute atomic E-state index is 0.0795. The molecule has 0 aromatic carbocycles. The number of nitrogens with one attached hydrogen (secondary N) is 1. The number of pyridine rings is 1. The highest BCUT2D eigenvalue weighted by molar-refractivity contribution is 5.89. The molecule has 0 unspecified atom stereocenters. The zero-order valence-electron chi connectivity index (χ0n) is 14.8. The van der Waals surface area contributed by atoms with Gasteiger partial charge in [0.15, 0.2) is 0 Å². The van der Waals surface area contributed by atoms with E-state index in [4.69, 9.17) is 0 Å². The van der Waals surface area contributed by atoms with E-state index in [2.05, 4.69) is 22.4 Å². The first-order valence-electron chi connectivity index (χ1n) is 8.73. The molecule has 1 N–H and O–H groups in total. The van der Waals surface area contributed by atoms with Crippen molar-refractivity contribution < 1.29 is 4.79 Å². The van der Waals surface area contributed by atoms with Crippen LogP contribution in [0.3, 0.4) is 0 Å². The molecule has 1 aliphatic heterocycles. The van der Waals surface area contributed by atoms with Crippen LogP contribution in [0.4, 0.5) is 5.82 Å². The molecular weight excluding hydrogens is 318 g/mol. The largest absolute Gasteiger partial charge is 0.312 e. The summed E-state index contributed by atoms with van der Waals surface area (Å²) in [5, 5.41) is 7.33. The lowest BCUT2D eigenvalue weighted by Crippen LogP contribution is -2.32. The number of anilines is 1. The first-order valence-corrected chi connectivity index (χ1v) is 8.73. The minimum Gasteiger partial charge on any atom is -0.312 e. The lowest BCUT2D eigenvalue weighted by Gasteiger charge is -2.30. The van der Waals surface area contributed by atoms with Crippen molar-refractivity contribution in [2.75, 3.05) is 25.5 Å². The molecule has 0 bridgehead atoms. The molecule has 7 nitrogen and oxygen atoms in total. The molecule has 0 radical (unpaired) electrons. The minimum atomic E-state index is -0.107. The number of hydrogen-bond donors (Lipinski definition) is 1. The fraction of sp³-hybridized carbons (Fsp3) is 0.500. The van der Waals surface area contributed by atoms with E-state index in [1.54, 1.807) is 16.8 Å². The second-order valence-electron chi connectivity index (χ2n) is 6.65. The number of likely N-dealkylation sites (tertiary alicyclic amines) is 1. The fourth-order valence-corrected chi connectivity index (χ4v) is 3.27. The quantitative estimate of drug-likeness (QED) is 0.896. The summed E-state index contributed by atoms with van der Waals surface area (Å²) in [6.07, 6.45) is 4.03. The third kappa shape index (κ3) is 4.17. The molecule has 2 aromatic rings. The van der Waals surface area contributed by atoms with Crippen LogP contribution in [0.15, 0.2) is 35.3 Å². The zero-order valence-corrected chi connectivity index (χ0v) is 14.8. The Labute approximate surface area is 147 Å². The number of aromatic nitrogens is 3. The predicted molar refractivity (Wildman–Crippen MR) is 96.7 cm³/mol. The summed E-state index contributed by atoms with van der Waals surface area (Å²) >= 11 is 0. The van der Waals surface area contributed by atoms with Crippen molar-refractivity contribution in [1.82, 2.24) is 19.2 Å².